The number of unbranched alkanes of at least 4 members (excludes halogenated alkanes) is 9. The van der Waals surface area contributed by atoms with Crippen molar-refractivity contribution in [1.82, 2.24) is 0 Å². The lowest BCUT2D eigenvalue weighted by Crippen LogP contribution is -2.26. The summed E-state index contributed by atoms with van der Waals surface area (Å²) in [7, 11) is 0. The van der Waals surface area contributed by atoms with E-state index in [1.54, 1.807) is 36.4 Å². The number of benzene rings is 5. The minimum absolute atomic E-state index is 0.109. The highest BCUT2D eigenvalue weighted by molar-refractivity contribution is 5.93. The standard InChI is InChI=1S/C39H40F2O12.C16H20O5.C7H4F2O4.C4H8O/c1-3-33(42)48-25-11-7-5-9-23-46-29-17-13-27(14-18-29)37(44)50-31-21-22-32(36-35(31)52-39(40,41)53-36)51-38(45)28-15-19-30(20-16-28)47-24-10-6-8-12-26-49-34(43)4-2;1-2-15(17)21-12-6-4-3-5-11-20-14-9-7-13(8-10-14)16(18)19;8-7(9)12-5-3(10)1-2-4(11)6(5)13-7;1-2-4-5-3-1/h3-4,13-22H,1-2,5-12,23-26H2;2,7-10H,1,3-6,11-12H2,(H,18,19);1-2,10-11H;1-4H2. The number of fused-ring (bicyclic) bond motifs is 2. The fourth-order valence-electron chi connectivity index (χ4n) is 7.97. The zero-order valence-corrected chi connectivity index (χ0v) is 50.3. The second-order valence-corrected chi connectivity index (χ2v) is 19.7. The van der Waals surface area contributed by atoms with Crippen LogP contribution in [0.5, 0.6) is 63.2 Å². The number of carboxylic acid groups (broad SMARTS) is 1. The van der Waals surface area contributed by atoms with Gasteiger partial charge < -0.3 is 76.9 Å². The van der Waals surface area contributed by atoms with E-state index in [1.807, 2.05) is 0 Å². The number of carboxylic acids is 1. The van der Waals surface area contributed by atoms with Crippen molar-refractivity contribution in [3.63, 3.8) is 0 Å². The third-order valence-corrected chi connectivity index (χ3v) is 12.7. The van der Waals surface area contributed by atoms with Crippen LogP contribution in [-0.4, -0.2) is 117 Å². The largest absolute Gasteiger partial charge is 0.586 e. The Bertz CT molecular complexity index is 3040. The summed E-state index contributed by atoms with van der Waals surface area (Å²) in [6.45, 7) is 14.5. The maximum Gasteiger partial charge on any atom is 0.586 e. The molecular weight excluding hydrogens is 1220 g/mol. The number of rotatable bonds is 32. The minimum Gasteiger partial charge on any atom is -0.504 e. The highest BCUT2D eigenvalue weighted by atomic mass is 19.3. The molecule has 3 heterocycles. The summed E-state index contributed by atoms with van der Waals surface area (Å²) in [6, 6.07) is 22.8. The molecule has 0 amide bonds. The highest BCUT2D eigenvalue weighted by Crippen LogP contribution is 2.53. The number of alkyl halides is 4. The number of carbonyl (C=O) groups is 6. The topological polar surface area (TPSA) is 283 Å². The van der Waals surface area contributed by atoms with Crippen LogP contribution in [0.2, 0.25) is 0 Å². The molecule has 0 atom stereocenters. The van der Waals surface area contributed by atoms with Gasteiger partial charge in [0.25, 0.3) is 0 Å². The van der Waals surface area contributed by atoms with Gasteiger partial charge in [-0.1, -0.05) is 19.7 Å². The van der Waals surface area contributed by atoms with Crippen molar-refractivity contribution in [2.45, 2.75) is 102 Å². The summed E-state index contributed by atoms with van der Waals surface area (Å²) in [5.41, 5.74) is 0.464. The van der Waals surface area contributed by atoms with Gasteiger partial charge in [0.2, 0.25) is 23.0 Å². The predicted octanol–water partition coefficient (Wildman–Crippen LogP) is 13.1. The zero-order chi connectivity index (χ0) is 66.7. The number of hydrogen-bond acceptors (Lipinski definition) is 21. The van der Waals surface area contributed by atoms with Crippen LogP contribution >= 0.6 is 0 Å². The van der Waals surface area contributed by atoms with Gasteiger partial charge in [-0.15, -0.1) is 17.6 Å². The molecule has 0 saturated carbocycles. The fraction of sp³-hybridized carbons (Fsp3) is 0.364. The number of esters is 5. The summed E-state index contributed by atoms with van der Waals surface area (Å²) in [4.78, 5) is 69.3. The van der Waals surface area contributed by atoms with Gasteiger partial charge in [0.1, 0.15) is 17.2 Å². The van der Waals surface area contributed by atoms with E-state index in [9.17, 15) is 46.3 Å². The van der Waals surface area contributed by atoms with Crippen LogP contribution in [0.1, 0.15) is 121 Å². The number of halogens is 4. The lowest BCUT2D eigenvalue weighted by atomic mass is 10.2. The number of ether oxygens (including phenoxy) is 13. The molecule has 5 aromatic rings. The molecule has 3 N–H and O–H groups in total. The number of carbonyl (C=O) groups excluding carboxylic acids is 5. The van der Waals surface area contributed by atoms with E-state index in [2.05, 4.69) is 38.7 Å². The van der Waals surface area contributed by atoms with Crippen LogP contribution in [0, 0.1) is 0 Å². The molecule has 0 spiro atoms. The maximum atomic E-state index is 14.2. The second-order valence-electron chi connectivity index (χ2n) is 19.7. The molecule has 1 saturated heterocycles. The van der Waals surface area contributed by atoms with Gasteiger partial charge >= 0.3 is 48.4 Å². The third kappa shape index (κ3) is 26.2. The first-order chi connectivity index (χ1) is 44.2. The maximum absolute atomic E-state index is 14.2. The van der Waals surface area contributed by atoms with Gasteiger partial charge in [-0.3, -0.25) is 0 Å². The average molecular weight is 1290 g/mol. The Morgan fingerprint density at radius 3 is 0.989 bits per heavy atom. The lowest BCUT2D eigenvalue weighted by Gasteiger charge is -2.11. The van der Waals surface area contributed by atoms with E-state index in [0.29, 0.717) is 56.9 Å². The van der Waals surface area contributed by atoms with Gasteiger partial charge in [0.05, 0.1) is 56.3 Å². The van der Waals surface area contributed by atoms with Crippen molar-refractivity contribution < 1.29 is 123 Å². The fourth-order valence-corrected chi connectivity index (χ4v) is 7.97. The van der Waals surface area contributed by atoms with E-state index in [0.717, 1.165) is 133 Å². The first-order valence-corrected chi connectivity index (χ1v) is 29.3. The monoisotopic (exact) mass is 1290 g/mol. The van der Waals surface area contributed by atoms with Gasteiger partial charge in [-0.05, 0) is 187 Å². The van der Waals surface area contributed by atoms with Crippen LogP contribution in [0.25, 0.3) is 0 Å². The van der Waals surface area contributed by atoms with Gasteiger partial charge in [0, 0.05) is 31.4 Å². The summed E-state index contributed by atoms with van der Waals surface area (Å²) < 4.78 is 118. The van der Waals surface area contributed by atoms with Crippen LogP contribution < -0.4 is 42.6 Å². The van der Waals surface area contributed by atoms with Crippen molar-refractivity contribution in [3.05, 3.63) is 152 Å². The lowest BCUT2D eigenvalue weighted by molar-refractivity contribution is -0.288. The van der Waals surface area contributed by atoms with Crippen molar-refractivity contribution in [1.29, 1.82) is 0 Å². The van der Waals surface area contributed by atoms with Crippen LogP contribution in [-0.2, 0) is 33.3 Å². The Morgan fingerprint density at radius 2 is 0.707 bits per heavy atom. The minimum atomic E-state index is -4.11. The van der Waals surface area contributed by atoms with E-state index in [-0.39, 0.29) is 34.2 Å². The molecule has 0 radical (unpaired) electrons. The van der Waals surface area contributed by atoms with Gasteiger partial charge in [0.15, 0.2) is 23.0 Å². The Balaban J connectivity index is 0.000000315. The SMILES string of the molecule is C1CCOC1.C=CC(=O)OCCCCCCOc1ccc(C(=O)O)cc1.C=CC(=O)OCCCCCCOc1ccc(C(=O)Oc2ccc(OC(=O)c3ccc(OCCCCCCOC(=O)C=C)cc3)c3c2OC(F)(F)O3)cc1.Oc1ccc(O)c2c1OC(F)(F)O2. The highest BCUT2D eigenvalue weighted by Gasteiger charge is 2.48. The molecular formula is C66H72F4O22. The molecule has 3 aliphatic rings. The van der Waals surface area contributed by atoms with Crippen molar-refractivity contribution in [2.75, 3.05) is 52.9 Å². The van der Waals surface area contributed by atoms with E-state index >= 15 is 0 Å². The van der Waals surface area contributed by atoms with Crippen LogP contribution in [0.4, 0.5) is 17.6 Å². The Labute approximate surface area is 527 Å². The molecule has 0 aliphatic carbocycles. The van der Waals surface area contributed by atoms with E-state index < -0.39 is 76.9 Å². The van der Waals surface area contributed by atoms with Crippen molar-refractivity contribution in [2.24, 2.45) is 0 Å². The molecule has 5 aromatic carbocycles. The molecule has 496 valence electrons. The summed E-state index contributed by atoms with van der Waals surface area (Å²) >= 11 is 0. The van der Waals surface area contributed by atoms with E-state index in [4.69, 9.17) is 58.0 Å². The summed E-state index contributed by atoms with van der Waals surface area (Å²) in [6.07, 6.45) is 8.15. The molecule has 8 rings (SSSR count). The average Bonchev–Trinajstić information content (AvgIpc) is 1.71. The zero-order valence-electron chi connectivity index (χ0n) is 50.3. The van der Waals surface area contributed by atoms with Crippen LogP contribution in [0.15, 0.2) is 135 Å². The molecule has 92 heavy (non-hydrogen) atoms. The molecule has 0 aromatic heterocycles. The Kier molecular flexibility index (Phi) is 30.5. The normalized spacial score (nSPS) is 13.1. The molecule has 3 aliphatic heterocycles. The summed E-state index contributed by atoms with van der Waals surface area (Å²) in [5.74, 6) is -6.37. The van der Waals surface area contributed by atoms with E-state index in [1.165, 1.54) is 49.2 Å². The number of hydrogen-bond donors (Lipinski definition) is 3. The first-order valence-electron chi connectivity index (χ1n) is 29.3. The Hall–Kier alpha value is -9.98. The Morgan fingerprint density at radius 1 is 0.413 bits per heavy atom. The summed E-state index contributed by atoms with van der Waals surface area (Å²) in [5, 5.41) is 26.8. The molecule has 1 fully saturated rings. The van der Waals surface area contributed by atoms with Gasteiger partial charge in [-0.2, -0.15) is 0 Å². The molecule has 0 unspecified atom stereocenters. The molecule has 0 bridgehead atoms. The predicted molar refractivity (Wildman–Crippen MR) is 320 cm³/mol. The van der Waals surface area contributed by atoms with Gasteiger partial charge in [-0.25, -0.2) is 28.8 Å². The van der Waals surface area contributed by atoms with Crippen molar-refractivity contribution >= 4 is 35.8 Å². The number of phenolic OH excluding ortho intramolecular Hbond substituents is 2. The first kappa shape index (κ1) is 72.8. The smallest absolute Gasteiger partial charge is 0.504 e. The second kappa shape index (κ2) is 38.5. The number of phenols is 2. The van der Waals surface area contributed by atoms with Crippen molar-refractivity contribution in [3.8, 4) is 63.2 Å². The number of aromatic hydroxyl groups is 2. The number of aromatic carboxylic acids is 1. The molecule has 22 nitrogen and oxygen atoms in total. The quantitative estimate of drug-likeness (QED) is 0.00686. The van der Waals surface area contributed by atoms with Crippen LogP contribution in [0.3, 0.4) is 0 Å². The third-order valence-electron chi connectivity index (χ3n) is 12.7. The molecule has 26 heteroatoms.